The first-order chi connectivity index (χ1) is 8.90. The Kier molecular flexibility index (Phi) is 4.06. The highest BCUT2D eigenvalue weighted by molar-refractivity contribution is 7.89. The lowest BCUT2D eigenvalue weighted by Gasteiger charge is -2.17. The first-order valence-electron chi connectivity index (χ1n) is 6.53. The van der Waals surface area contributed by atoms with Crippen molar-refractivity contribution in [3.63, 3.8) is 0 Å². The normalized spacial score (nSPS) is 23.5. The number of carbonyl (C=O) groups is 1. The van der Waals surface area contributed by atoms with E-state index >= 15 is 0 Å². The molecule has 0 spiro atoms. The molecular weight excluding hydrogens is 262 g/mol. The molecule has 1 aromatic rings. The van der Waals surface area contributed by atoms with Crippen molar-refractivity contribution in [3.8, 4) is 0 Å². The van der Waals surface area contributed by atoms with E-state index in [0.29, 0.717) is 11.5 Å². The number of sulfonamides is 1. The Morgan fingerprint density at radius 3 is 2.63 bits per heavy atom. The summed E-state index contributed by atoms with van der Waals surface area (Å²) in [6, 6.07) is 6.19. The van der Waals surface area contributed by atoms with Crippen molar-refractivity contribution < 1.29 is 13.2 Å². The van der Waals surface area contributed by atoms with Gasteiger partial charge in [0, 0.05) is 11.6 Å². The Morgan fingerprint density at radius 2 is 2.05 bits per heavy atom. The van der Waals surface area contributed by atoms with Gasteiger partial charge in [0.25, 0.3) is 0 Å². The summed E-state index contributed by atoms with van der Waals surface area (Å²) in [6.45, 7) is 3.49. The van der Waals surface area contributed by atoms with Crippen LogP contribution in [0.3, 0.4) is 0 Å². The minimum absolute atomic E-state index is 0.00554. The molecule has 19 heavy (non-hydrogen) atoms. The summed E-state index contributed by atoms with van der Waals surface area (Å²) in [5.74, 6) is 0.233. The maximum absolute atomic E-state index is 12.3. The number of ketones is 1. The molecule has 0 bridgehead atoms. The number of carbonyl (C=O) groups excluding carboxylic acids is 1. The van der Waals surface area contributed by atoms with Gasteiger partial charge >= 0.3 is 0 Å². The highest BCUT2D eigenvalue weighted by atomic mass is 32.2. The van der Waals surface area contributed by atoms with Gasteiger partial charge < -0.3 is 0 Å². The van der Waals surface area contributed by atoms with Gasteiger partial charge in [0.1, 0.15) is 0 Å². The first kappa shape index (κ1) is 14.2. The Hall–Kier alpha value is -1.20. The minimum atomic E-state index is -3.53. The number of benzene rings is 1. The van der Waals surface area contributed by atoms with E-state index in [2.05, 4.69) is 11.6 Å². The SMILES string of the molecule is CC(=O)c1cccc(S(=O)(=O)NC2CCCC2C)c1. The van der Waals surface area contributed by atoms with Crippen molar-refractivity contribution in [1.29, 1.82) is 0 Å². The fourth-order valence-electron chi connectivity index (χ4n) is 2.47. The van der Waals surface area contributed by atoms with Crippen molar-refractivity contribution >= 4 is 15.8 Å². The third-order valence-corrected chi connectivity index (χ3v) is 5.21. The molecule has 0 amide bonds. The van der Waals surface area contributed by atoms with E-state index in [0.717, 1.165) is 19.3 Å². The molecule has 0 radical (unpaired) electrons. The molecule has 1 N–H and O–H groups in total. The molecule has 1 saturated carbocycles. The molecule has 1 aromatic carbocycles. The number of nitrogens with one attached hydrogen (secondary N) is 1. The molecule has 0 heterocycles. The molecule has 104 valence electrons. The molecule has 2 atom stereocenters. The van der Waals surface area contributed by atoms with Gasteiger partial charge in [-0.25, -0.2) is 13.1 Å². The largest absolute Gasteiger partial charge is 0.295 e. The van der Waals surface area contributed by atoms with Crippen LogP contribution in [-0.4, -0.2) is 20.2 Å². The van der Waals surface area contributed by atoms with Gasteiger partial charge in [-0.05, 0) is 37.8 Å². The molecule has 0 saturated heterocycles. The highest BCUT2D eigenvalue weighted by Gasteiger charge is 2.28. The van der Waals surface area contributed by atoms with Crippen LogP contribution in [0.2, 0.25) is 0 Å². The Bertz CT molecular complexity index is 580. The molecule has 2 unspecified atom stereocenters. The predicted molar refractivity (Wildman–Crippen MR) is 73.6 cm³/mol. The third-order valence-electron chi connectivity index (χ3n) is 3.72. The fourth-order valence-corrected chi connectivity index (χ4v) is 3.89. The zero-order valence-electron chi connectivity index (χ0n) is 11.2. The molecule has 0 aromatic heterocycles. The Morgan fingerprint density at radius 1 is 1.32 bits per heavy atom. The number of hydrogen-bond donors (Lipinski definition) is 1. The van der Waals surface area contributed by atoms with E-state index in [-0.39, 0.29) is 16.7 Å². The van der Waals surface area contributed by atoms with Crippen LogP contribution in [0.25, 0.3) is 0 Å². The third kappa shape index (κ3) is 3.22. The lowest BCUT2D eigenvalue weighted by atomic mass is 10.1. The number of rotatable bonds is 4. The van der Waals surface area contributed by atoms with E-state index in [9.17, 15) is 13.2 Å². The van der Waals surface area contributed by atoms with Crippen LogP contribution in [0.1, 0.15) is 43.5 Å². The Balaban J connectivity index is 2.24. The summed E-state index contributed by atoms with van der Waals surface area (Å²) in [4.78, 5) is 11.5. The average molecular weight is 281 g/mol. The van der Waals surface area contributed by atoms with Gasteiger partial charge in [-0.15, -0.1) is 0 Å². The zero-order valence-corrected chi connectivity index (χ0v) is 12.0. The fraction of sp³-hybridized carbons (Fsp3) is 0.500. The summed E-state index contributed by atoms with van der Waals surface area (Å²) < 4.78 is 27.3. The monoisotopic (exact) mass is 281 g/mol. The van der Waals surface area contributed by atoms with Gasteiger partial charge in [-0.1, -0.05) is 25.5 Å². The quantitative estimate of drug-likeness (QED) is 0.862. The molecule has 5 heteroatoms. The van der Waals surface area contributed by atoms with Gasteiger partial charge in [0.15, 0.2) is 5.78 Å². The van der Waals surface area contributed by atoms with Crippen molar-refractivity contribution in [3.05, 3.63) is 29.8 Å². The molecule has 2 rings (SSSR count). The van der Waals surface area contributed by atoms with Crippen LogP contribution < -0.4 is 4.72 Å². The summed E-state index contributed by atoms with van der Waals surface area (Å²) >= 11 is 0. The summed E-state index contributed by atoms with van der Waals surface area (Å²) in [5, 5.41) is 0. The van der Waals surface area contributed by atoms with Crippen molar-refractivity contribution in [1.82, 2.24) is 4.72 Å². The van der Waals surface area contributed by atoms with Crippen molar-refractivity contribution in [2.45, 2.75) is 44.0 Å². The second kappa shape index (κ2) is 5.43. The lowest BCUT2D eigenvalue weighted by Crippen LogP contribution is -2.36. The Labute approximate surface area is 114 Å². The average Bonchev–Trinajstić information content (AvgIpc) is 2.74. The molecule has 4 nitrogen and oxygen atoms in total. The predicted octanol–water partition coefficient (Wildman–Crippen LogP) is 2.36. The smallest absolute Gasteiger partial charge is 0.240 e. The van der Waals surface area contributed by atoms with Crippen LogP contribution in [0.4, 0.5) is 0 Å². The maximum atomic E-state index is 12.3. The molecular formula is C14H19NO3S. The van der Waals surface area contributed by atoms with E-state index in [1.807, 2.05) is 0 Å². The van der Waals surface area contributed by atoms with E-state index in [1.165, 1.54) is 19.1 Å². The van der Waals surface area contributed by atoms with Crippen LogP contribution in [-0.2, 0) is 10.0 Å². The van der Waals surface area contributed by atoms with Crippen LogP contribution in [0.15, 0.2) is 29.2 Å². The standard InChI is InChI=1S/C14H19NO3S/c1-10-5-3-8-14(10)15-19(17,18)13-7-4-6-12(9-13)11(2)16/h4,6-7,9-10,14-15H,3,5,8H2,1-2H3. The van der Waals surface area contributed by atoms with Crippen molar-refractivity contribution in [2.75, 3.05) is 0 Å². The van der Waals surface area contributed by atoms with Gasteiger partial charge in [-0.2, -0.15) is 0 Å². The zero-order chi connectivity index (χ0) is 14.0. The first-order valence-corrected chi connectivity index (χ1v) is 8.02. The van der Waals surface area contributed by atoms with Crippen LogP contribution in [0, 0.1) is 5.92 Å². The second-order valence-corrected chi connectivity index (χ2v) is 6.93. The number of Topliss-reactive ketones (excluding diaryl/α,β-unsaturated/α-hetero) is 1. The van der Waals surface area contributed by atoms with E-state index in [1.54, 1.807) is 12.1 Å². The van der Waals surface area contributed by atoms with Gasteiger partial charge in [0.05, 0.1) is 4.90 Å². The van der Waals surface area contributed by atoms with Crippen LogP contribution in [0.5, 0.6) is 0 Å². The number of hydrogen-bond acceptors (Lipinski definition) is 3. The second-order valence-electron chi connectivity index (χ2n) is 5.22. The van der Waals surface area contributed by atoms with E-state index in [4.69, 9.17) is 0 Å². The lowest BCUT2D eigenvalue weighted by molar-refractivity contribution is 0.101. The molecule has 1 aliphatic carbocycles. The minimum Gasteiger partial charge on any atom is -0.295 e. The summed E-state index contributed by atoms with van der Waals surface area (Å²) in [6.07, 6.45) is 3.00. The molecule has 1 fully saturated rings. The van der Waals surface area contributed by atoms with E-state index < -0.39 is 10.0 Å². The summed E-state index contributed by atoms with van der Waals surface area (Å²) in [7, 11) is -3.53. The van der Waals surface area contributed by atoms with Gasteiger partial charge in [0.2, 0.25) is 10.0 Å². The molecule has 0 aliphatic heterocycles. The summed E-state index contributed by atoms with van der Waals surface area (Å²) in [5.41, 5.74) is 0.419. The topological polar surface area (TPSA) is 63.2 Å². The highest BCUT2D eigenvalue weighted by Crippen LogP contribution is 2.26. The molecule has 1 aliphatic rings. The van der Waals surface area contributed by atoms with Gasteiger partial charge in [-0.3, -0.25) is 4.79 Å². The van der Waals surface area contributed by atoms with Crippen molar-refractivity contribution in [2.24, 2.45) is 5.92 Å². The van der Waals surface area contributed by atoms with Crippen LogP contribution >= 0.6 is 0 Å². The maximum Gasteiger partial charge on any atom is 0.240 e.